The van der Waals surface area contributed by atoms with E-state index in [1.807, 2.05) is 0 Å². The molecular weight excluding hydrogens is 242 g/mol. The Morgan fingerprint density at radius 1 is 0.833 bits per heavy atom. The predicted octanol–water partition coefficient (Wildman–Crippen LogP) is 3.74. The number of rotatable bonds is 13. The van der Waals surface area contributed by atoms with Gasteiger partial charge in [0.15, 0.2) is 0 Å². The summed E-state index contributed by atoms with van der Waals surface area (Å²) >= 11 is 4.23. The van der Waals surface area contributed by atoms with Gasteiger partial charge in [0.1, 0.15) is 0 Å². The van der Waals surface area contributed by atoms with E-state index in [4.69, 9.17) is 5.11 Å². The molecule has 0 fully saturated rings. The van der Waals surface area contributed by atoms with Crippen molar-refractivity contribution in [2.45, 2.75) is 71.3 Å². The van der Waals surface area contributed by atoms with Crippen molar-refractivity contribution in [3.05, 3.63) is 0 Å². The minimum atomic E-state index is 0.314. The van der Waals surface area contributed by atoms with E-state index in [9.17, 15) is 0 Å². The van der Waals surface area contributed by atoms with Crippen LogP contribution in [0.5, 0.6) is 0 Å². The Labute approximate surface area is 120 Å². The Bertz CT molecular complexity index is 165. The minimum absolute atomic E-state index is 0.314. The van der Waals surface area contributed by atoms with Gasteiger partial charge < -0.3 is 10.0 Å². The second kappa shape index (κ2) is 13.7. The molecule has 1 N–H and O–H groups in total. The van der Waals surface area contributed by atoms with Crippen LogP contribution in [0.25, 0.3) is 0 Å². The number of thiol groups is 1. The standard InChI is InChI=1S/C15H33NOS/c1-15(2)16(12-10-13-17)11-8-6-4-3-5-7-9-14-18/h15,17-18H,3-14H2,1-2H3. The topological polar surface area (TPSA) is 23.5 Å². The molecule has 0 aliphatic carbocycles. The first-order chi connectivity index (χ1) is 8.72. The molecular formula is C15H33NOS. The van der Waals surface area contributed by atoms with Crippen LogP contribution in [0.4, 0.5) is 0 Å². The van der Waals surface area contributed by atoms with Crippen molar-refractivity contribution in [1.82, 2.24) is 4.90 Å². The first-order valence-corrected chi connectivity index (χ1v) is 8.31. The molecule has 0 radical (unpaired) electrons. The van der Waals surface area contributed by atoms with E-state index in [2.05, 4.69) is 31.4 Å². The number of hydrogen-bond donors (Lipinski definition) is 2. The van der Waals surface area contributed by atoms with Gasteiger partial charge in [-0.15, -0.1) is 0 Å². The van der Waals surface area contributed by atoms with Gasteiger partial charge in [0, 0.05) is 19.2 Å². The third kappa shape index (κ3) is 11.4. The summed E-state index contributed by atoms with van der Waals surface area (Å²) in [6, 6.07) is 0.604. The van der Waals surface area contributed by atoms with Crippen LogP contribution in [0.2, 0.25) is 0 Å². The van der Waals surface area contributed by atoms with E-state index in [0.717, 1.165) is 18.7 Å². The summed E-state index contributed by atoms with van der Waals surface area (Å²) in [5, 5.41) is 8.88. The maximum Gasteiger partial charge on any atom is 0.0443 e. The summed E-state index contributed by atoms with van der Waals surface area (Å²) in [5.41, 5.74) is 0. The minimum Gasteiger partial charge on any atom is -0.396 e. The van der Waals surface area contributed by atoms with Crippen molar-refractivity contribution in [1.29, 1.82) is 0 Å². The van der Waals surface area contributed by atoms with Gasteiger partial charge in [-0.05, 0) is 45.4 Å². The van der Waals surface area contributed by atoms with Crippen molar-refractivity contribution < 1.29 is 5.11 Å². The van der Waals surface area contributed by atoms with Crippen molar-refractivity contribution in [2.75, 3.05) is 25.4 Å². The Balaban J connectivity index is 3.37. The molecule has 0 heterocycles. The lowest BCUT2D eigenvalue weighted by molar-refractivity contribution is 0.188. The molecule has 0 saturated heterocycles. The number of hydrogen-bond acceptors (Lipinski definition) is 3. The molecule has 0 amide bonds. The Hall–Kier alpha value is 0.270. The molecule has 0 unspecified atom stereocenters. The summed E-state index contributed by atoms with van der Waals surface area (Å²) in [5.74, 6) is 1.04. The van der Waals surface area contributed by atoms with Crippen LogP contribution in [-0.2, 0) is 0 Å². The maximum absolute atomic E-state index is 8.88. The molecule has 0 bridgehead atoms. The van der Waals surface area contributed by atoms with Crippen LogP contribution < -0.4 is 0 Å². The highest BCUT2D eigenvalue weighted by atomic mass is 32.1. The fourth-order valence-electron chi connectivity index (χ4n) is 2.21. The molecule has 0 aliphatic rings. The number of aliphatic hydroxyl groups excluding tert-OH is 1. The van der Waals surface area contributed by atoms with Gasteiger partial charge in [-0.25, -0.2) is 0 Å². The largest absolute Gasteiger partial charge is 0.396 e. The van der Waals surface area contributed by atoms with E-state index in [0.29, 0.717) is 12.6 Å². The van der Waals surface area contributed by atoms with Gasteiger partial charge >= 0.3 is 0 Å². The average molecular weight is 276 g/mol. The lowest BCUT2D eigenvalue weighted by Crippen LogP contribution is -2.33. The normalized spacial score (nSPS) is 11.7. The highest BCUT2D eigenvalue weighted by Gasteiger charge is 2.07. The molecule has 2 nitrogen and oxygen atoms in total. The van der Waals surface area contributed by atoms with Crippen LogP contribution in [0.15, 0.2) is 0 Å². The van der Waals surface area contributed by atoms with Crippen LogP contribution in [0, 0.1) is 0 Å². The molecule has 0 aromatic rings. The summed E-state index contributed by atoms with van der Waals surface area (Å²) in [6.45, 7) is 7.03. The molecule has 0 rings (SSSR count). The quantitative estimate of drug-likeness (QED) is 0.395. The smallest absolute Gasteiger partial charge is 0.0443 e. The SMILES string of the molecule is CC(C)N(CCCO)CCCCCCCCCS. The van der Waals surface area contributed by atoms with Crippen molar-refractivity contribution in [3.8, 4) is 0 Å². The summed E-state index contributed by atoms with van der Waals surface area (Å²) < 4.78 is 0. The highest BCUT2D eigenvalue weighted by molar-refractivity contribution is 7.80. The van der Waals surface area contributed by atoms with E-state index >= 15 is 0 Å². The molecule has 0 atom stereocenters. The van der Waals surface area contributed by atoms with E-state index in [1.54, 1.807) is 0 Å². The summed E-state index contributed by atoms with van der Waals surface area (Å²) in [7, 11) is 0. The molecule has 18 heavy (non-hydrogen) atoms. The fraction of sp³-hybridized carbons (Fsp3) is 1.00. The zero-order chi connectivity index (χ0) is 13.6. The van der Waals surface area contributed by atoms with Gasteiger partial charge in [-0.2, -0.15) is 12.6 Å². The third-order valence-corrected chi connectivity index (χ3v) is 3.75. The van der Waals surface area contributed by atoms with E-state index in [-0.39, 0.29) is 0 Å². The molecule has 0 aliphatic heterocycles. The van der Waals surface area contributed by atoms with Crippen LogP contribution in [0.1, 0.15) is 65.2 Å². The first-order valence-electron chi connectivity index (χ1n) is 7.68. The van der Waals surface area contributed by atoms with Crippen molar-refractivity contribution in [2.24, 2.45) is 0 Å². The predicted molar refractivity (Wildman–Crippen MR) is 84.6 cm³/mol. The number of unbranched alkanes of at least 4 members (excludes halogenated alkanes) is 6. The Morgan fingerprint density at radius 2 is 1.33 bits per heavy atom. The molecule has 3 heteroatoms. The van der Waals surface area contributed by atoms with Crippen LogP contribution >= 0.6 is 12.6 Å². The Kier molecular flexibility index (Phi) is 13.9. The fourth-order valence-corrected chi connectivity index (χ4v) is 2.44. The van der Waals surface area contributed by atoms with Crippen molar-refractivity contribution in [3.63, 3.8) is 0 Å². The monoisotopic (exact) mass is 275 g/mol. The average Bonchev–Trinajstić information content (AvgIpc) is 2.35. The van der Waals surface area contributed by atoms with E-state index < -0.39 is 0 Å². The second-order valence-electron chi connectivity index (χ2n) is 5.41. The molecule has 0 aromatic heterocycles. The maximum atomic E-state index is 8.88. The van der Waals surface area contributed by atoms with Crippen molar-refractivity contribution >= 4 is 12.6 Å². The van der Waals surface area contributed by atoms with Gasteiger partial charge in [-0.1, -0.05) is 32.1 Å². The van der Waals surface area contributed by atoms with Crippen LogP contribution in [0.3, 0.4) is 0 Å². The first kappa shape index (κ1) is 18.3. The molecule has 110 valence electrons. The van der Waals surface area contributed by atoms with E-state index in [1.165, 1.54) is 51.5 Å². The molecule has 0 spiro atoms. The van der Waals surface area contributed by atoms with Crippen LogP contribution in [-0.4, -0.2) is 41.5 Å². The molecule has 0 saturated carbocycles. The zero-order valence-corrected chi connectivity index (χ0v) is 13.3. The number of nitrogens with zero attached hydrogens (tertiary/aromatic N) is 1. The van der Waals surface area contributed by atoms with Gasteiger partial charge in [0.25, 0.3) is 0 Å². The highest BCUT2D eigenvalue weighted by Crippen LogP contribution is 2.09. The summed E-state index contributed by atoms with van der Waals surface area (Å²) in [4.78, 5) is 2.48. The van der Waals surface area contributed by atoms with Gasteiger partial charge in [0.05, 0.1) is 0 Å². The summed E-state index contributed by atoms with van der Waals surface area (Å²) in [6.07, 6.45) is 10.3. The van der Waals surface area contributed by atoms with Gasteiger partial charge in [-0.3, -0.25) is 0 Å². The zero-order valence-electron chi connectivity index (χ0n) is 12.4. The molecule has 0 aromatic carbocycles. The second-order valence-corrected chi connectivity index (χ2v) is 5.85. The lowest BCUT2D eigenvalue weighted by Gasteiger charge is -2.26. The third-order valence-electron chi connectivity index (χ3n) is 3.44. The lowest BCUT2D eigenvalue weighted by atomic mass is 10.1. The van der Waals surface area contributed by atoms with Gasteiger partial charge in [0.2, 0.25) is 0 Å². The number of aliphatic hydroxyl groups is 1. The Morgan fingerprint density at radius 3 is 1.83 bits per heavy atom.